The number of H-pyrrole nitrogens is 1. The summed E-state index contributed by atoms with van der Waals surface area (Å²) >= 11 is 1.40. The molecule has 5 atom stereocenters. The largest absolute Gasteiger partial charge is 0.481 e. The first-order valence-electron chi connectivity index (χ1n) is 7.70. The lowest BCUT2D eigenvalue weighted by Crippen LogP contribution is -2.56. The second-order valence-electron chi connectivity index (χ2n) is 6.02. The van der Waals surface area contributed by atoms with E-state index in [1.165, 1.54) is 18.1 Å². The summed E-state index contributed by atoms with van der Waals surface area (Å²) in [5, 5.41) is 26.5. The van der Waals surface area contributed by atoms with Crippen LogP contribution in [0, 0.1) is 17.8 Å². The van der Waals surface area contributed by atoms with Crippen molar-refractivity contribution in [3.63, 3.8) is 0 Å². The van der Waals surface area contributed by atoms with Crippen LogP contribution >= 0.6 is 24.2 Å². The Labute approximate surface area is 149 Å². The van der Waals surface area contributed by atoms with Crippen LogP contribution in [0.5, 0.6) is 0 Å². The first kappa shape index (κ1) is 19.0. The molecule has 0 spiro atoms. The smallest absolute Gasteiger partial charge is 0.324 e. The highest BCUT2D eigenvalue weighted by molar-refractivity contribution is 7.99. The molecular weight excluding hydrogens is 356 g/mol. The number of hydrogen-bond donors (Lipinski definition) is 3. The highest BCUT2D eigenvalue weighted by atomic mass is 35.5. The topological polar surface area (TPSA) is 119 Å². The lowest BCUT2D eigenvalue weighted by atomic mass is 9.88. The van der Waals surface area contributed by atoms with Crippen LogP contribution in [0.15, 0.2) is 11.5 Å². The van der Waals surface area contributed by atoms with Crippen molar-refractivity contribution in [3.8, 4) is 0 Å². The molecule has 1 aromatic rings. The van der Waals surface area contributed by atoms with Crippen molar-refractivity contribution in [2.75, 3.05) is 13.1 Å². The van der Waals surface area contributed by atoms with E-state index in [0.717, 1.165) is 0 Å². The molecule has 2 aliphatic rings. The van der Waals surface area contributed by atoms with Gasteiger partial charge in [-0.25, -0.2) is 4.98 Å². The Morgan fingerprint density at radius 1 is 1.42 bits per heavy atom. The summed E-state index contributed by atoms with van der Waals surface area (Å²) in [4.78, 5) is 29.7. The number of aromatic nitrogens is 3. The zero-order valence-corrected chi connectivity index (χ0v) is 15.0. The second-order valence-corrected chi connectivity index (χ2v) is 7.25. The van der Waals surface area contributed by atoms with Crippen molar-refractivity contribution in [1.29, 1.82) is 0 Å². The number of carboxylic acids is 2. The van der Waals surface area contributed by atoms with Gasteiger partial charge in [0, 0.05) is 11.2 Å². The zero-order chi connectivity index (χ0) is 16.8. The van der Waals surface area contributed by atoms with Crippen molar-refractivity contribution in [3.05, 3.63) is 6.33 Å². The van der Waals surface area contributed by atoms with Crippen molar-refractivity contribution >= 4 is 36.1 Å². The van der Waals surface area contributed by atoms with Crippen LogP contribution in [0.1, 0.15) is 20.3 Å². The first-order chi connectivity index (χ1) is 11.0. The molecule has 0 amide bonds. The number of carbonyl (C=O) groups is 2. The number of likely N-dealkylation sites (N-methyl/N-ethyl adjacent to an activating group) is 1. The number of halogens is 1. The quantitative estimate of drug-likeness (QED) is 0.649. The Morgan fingerprint density at radius 2 is 2.08 bits per heavy atom. The maximum absolute atomic E-state index is 12.2. The van der Waals surface area contributed by atoms with E-state index in [0.29, 0.717) is 24.7 Å². The molecule has 1 heterocycles. The van der Waals surface area contributed by atoms with Gasteiger partial charge in [0.25, 0.3) is 0 Å². The Morgan fingerprint density at radius 3 is 2.54 bits per heavy atom. The Bertz CT molecular complexity index is 612. The van der Waals surface area contributed by atoms with Gasteiger partial charge < -0.3 is 10.2 Å². The van der Waals surface area contributed by atoms with Gasteiger partial charge in [-0.2, -0.15) is 5.10 Å². The van der Waals surface area contributed by atoms with Crippen LogP contribution in [0.2, 0.25) is 0 Å². The summed E-state index contributed by atoms with van der Waals surface area (Å²) in [5.41, 5.74) is -1.10. The van der Waals surface area contributed by atoms with Crippen LogP contribution in [-0.2, 0) is 9.59 Å². The average Bonchev–Trinajstić information content (AvgIpc) is 2.88. The van der Waals surface area contributed by atoms with Crippen molar-refractivity contribution in [2.24, 2.45) is 17.8 Å². The van der Waals surface area contributed by atoms with E-state index in [-0.39, 0.29) is 29.5 Å². The number of thioether (sulfide) groups is 1. The lowest BCUT2D eigenvalue weighted by Gasteiger charge is -2.39. The maximum atomic E-state index is 12.2. The number of carboxylic acid groups (broad SMARTS) is 2. The predicted octanol–water partition coefficient (Wildman–Crippen LogP) is 1.20. The zero-order valence-electron chi connectivity index (χ0n) is 13.4. The van der Waals surface area contributed by atoms with E-state index in [4.69, 9.17) is 0 Å². The van der Waals surface area contributed by atoms with E-state index in [1.54, 1.807) is 0 Å². The first-order valence-corrected chi connectivity index (χ1v) is 8.58. The van der Waals surface area contributed by atoms with Gasteiger partial charge in [0.1, 0.15) is 11.9 Å². The van der Waals surface area contributed by atoms with E-state index in [1.807, 2.05) is 18.7 Å². The molecule has 0 unspecified atom stereocenters. The average molecular weight is 377 g/mol. The van der Waals surface area contributed by atoms with E-state index in [2.05, 4.69) is 15.2 Å². The normalized spacial score (nSPS) is 33.8. The second kappa shape index (κ2) is 6.89. The molecule has 24 heavy (non-hydrogen) atoms. The molecule has 3 N–H and O–H groups in total. The van der Waals surface area contributed by atoms with Gasteiger partial charge in [-0.15, -0.1) is 12.4 Å². The van der Waals surface area contributed by atoms with Gasteiger partial charge >= 0.3 is 11.9 Å². The van der Waals surface area contributed by atoms with E-state index in [9.17, 15) is 19.8 Å². The lowest BCUT2D eigenvalue weighted by molar-refractivity contribution is -0.154. The molecule has 134 valence electrons. The van der Waals surface area contributed by atoms with Crippen molar-refractivity contribution < 1.29 is 19.8 Å². The van der Waals surface area contributed by atoms with Crippen LogP contribution in [0.4, 0.5) is 0 Å². The molecule has 2 fully saturated rings. The molecule has 0 saturated heterocycles. The van der Waals surface area contributed by atoms with Gasteiger partial charge in [0.15, 0.2) is 5.16 Å². The van der Waals surface area contributed by atoms with Gasteiger partial charge in [-0.3, -0.25) is 19.6 Å². The Kier molecular flexibility index (Phi) is 5.46. The molecular formula is C14H21ClN4O4S. The number of hydrogen-bond acceptors (Lipinski definition) is 6. The molecule has 2 aliphatic carbocycles. The summed E-state index contributed by atoms with van der Waals surface area (Å²) in [5.74, 6) is -2.90. The summed E-state index contributed by atoms with van der Waals surface area (Å²) < 4.78 is 0. The molecule has 2 saturated carbocycles. The number of nitrogens with one attached hydrogen (secondary N) is 1. The fourth-order valence-corrected chi connectivity index (χ4v) is 5.65. The number of rotatable bonds is 7. The SMILES string of the molecule is CCN(CC)[C@@]1(C(=O)O)C[C@@H](Sc2ncn[nH]2)[C@H]2[C@H](C(=O)O)[C@H]21.Cl. The fraction of sp³-hybridized carbons (Fsp3) is 0.714. The molecule has 0 aliphatic heterocycles. The molecule has 0 aromatic carbocycles. The molecule has 3 rings (SSSR count). The molecule has 8 nitrogen and oxygen atoms in total. The molecule has 0 radical (unpaired) electrons. The number of fused-ring (bicyclic) bond motifs is 1. The Hall–Kier alpha value is -1.32. The van der Waals surface area contributed by atoms with Crippen LogP contribution in [0.3, 0.4) is 0 Å². The minimum Gasteiger partial charge on any atom is -0.481 e. The van der Waals surface area contributed by atoms with Crippen LogP contribution < -0.4 is 0 Å². The van der Waals surface area contributed by atoms with Gasteiger partial charge in [0.05, 0.1) is 5.92 Å². The number of aromatic amines is 1. The van der Waals surface area contributed by atoms with Crippen molar-refractivity contribution in [2.45, 2.75) is 36.2 Å². The third kappa shape index (κ3) is 2.68. The van der Waals surface area contributed by atoms with Gasteiger partial charge in [-0.05, 0) is 25.4 Å². The fourth-order valence-electron chi connectivity index (χ4n) is 4.32. The third-order valence-corrected chi connectivity index (χ3v) is 6.41. The molecule has 10 heteroatoms. The third-order valence-electron chi connectivity index (χ3n) is 5.21. The monoisotopic (exact) mass is 376 g/mol. The molecule has 1 aromatic heterocycles. The van der Waals surface area contributed by atoms with E-state index < -0.39 is 23.4 Å². The number of aliphatic carboxylic acids is 2. The minimum absolute atomic E-state index is 0. The standard InChI is InChI=1S/C14H20N4O4S.ClH/c1-3-18(4-2)14(12(21)22)5-7(23-13-15-6-16-17-13)8-9(10(8)14)11(19)20;/h6-10H,3-5H2,1-2H3,(H,19,20)(H,21,22)(H,15,16,17);1H/t7-,8+,9+,10+,14+;/m1./s1. The van der Waals surface area contributed by atoms with Gasteiger partial charge in [-0.1, -0.05) is 25.6 Å². The maximum Gasteiger partial charge on any atom is 0.324 e. The van der Waals surface area contributed by atoms with Crippen LogP contribution in [0.25, 0.3) is 0 Å². The Balaban J connectivity index is 0.00000208. The summed E-state index contributed by atoms with van der Waals surface area (Å²) in [6.45, 7) is 4.99. The summed E-state index contributed by atoms with van der Waals surface area (Å²) in [6, 6.07) is 0. The number of nitrogens with zero attached hydrogens (tertiary/aromatic N) is 3. The summed E-state index contributed by atoms with van der Waals surface area (Å²) in [6.07, 6.45) is 1.82. The minimum atomic E-state index is -1.10. The highest BCUT2D eigenvalue weighted by Crippen LogP contribution is 2.67. The summed E-state index contributed by atoms with van der Waals surface area (Å²) in [7, 11) is 0. The predicted molar refractivity (Wildman–Crippen MR) is 89.3 cm³/mol. The molecule has 0 bridgehead atoms. The van der Waals surface area contributed by atoms with Crippen LogP contribution in [-0.4, -0.2) is 66.1 Å². The van der Waals surface area contributed by atoms with Gasteiger partial charge in [0.2, 0.25) is 0 Å². The highest BCUT2D eigenvalue weighted by Gasteiger charge is 2.76. The van der Waals surface area contributed by atoms with Crippen molar-refractivity contribution in [1.82, 2.24) is 20.1 Å². The van der Waals surface area contributed by atoms with E-state index >= 15 is 0 Å².